The quantitative estimate of drug-likeness (QED) is 0.544. The Morgan fingerprint density at radius 2 is 2.43 bits per heavy atom. The number of amides is 2. The lowest BCUT2D eigenvalue weighted by atomic mass is 10.2. The van der Waals surface area contributed by atoms with Crippen LogP contribution in [0.25, 0.3) is 6.08 Å². The Kier molecular flexibility index (Phi) is 2.45. The third kappa shape index (κ3) is 1.75. The molecule has 0 unspecified atom stereocenters. The molecular weight excluding hydrogens is 198 g/mol. The molecule has 2 rings (SSSR count). The Morgan fingerprint density at radius 3 is 2.93 bits per heavy atom. The number of nitrogens with zero attached hydrogens (tertiary/aromatic N) is 1. The van der Waals surface area contributed by atoms with Gasteiger partial charge in [-0.1, -0.05) is 6.07 Å². The molecule has 3 nitrogen and oxygen atoms in total. The fraction of sp³-hybridized carbons (Fsp3) is 0.200. The lowest BCUT2D eigenvalue weighted by molar-refractivity contribution is -0.149. The van der Waals surface area contributed by atoms with Gasteiger partial charge < -0.3 is 0 Å². The Labute approximate surface area is 85.6 Å². The summed E-state index contributed by atoms with van der Waals surface area (Å²) in [7, 11) is 0. The summed E-state index contributed by atoms with van der Waals surface area (Å²) >= 11 is 1.56. The van der Waals surface area contributed by atoms with Gasteiger partial charge in [-0.05, 0) is 17.5 Å². The monoisotopic (exact) mass is 207 g/mol. The maximum Gasteiger partial charge on any atom is 0.253 e. The van der Waals surface area contributed by atoms with Crippen molar-refractivity contribution in [1.82, 2.24) is 4.90 Å². The van der Waals surface area contributed by atoms with Crippen LogP contribution in [0.3, 0.4) is 0 Å². The summed E-state index contributed by atoms with van der Waals surface area (Å²) in [5.41, 5.74) is 0. The number of likely N-dealkylation sites (tertiary alicyclic amines) is 1. The number of imide groups is 1. The van der Waals surface area contributed by atoms with Crippen molar-refractivity contribution in [2.75, 3.05) is 6.54 Å². The second-order valence-electron chi connectivity index (χ2n) is 2.98. The van der Waals surface area contributed by atoms with E-state index in [0.29, 0.717) is 13.0 Å². The molecule has 0 aromatic carbocycles. The molecule has 0 atom stereocenters. The number of carbonyl (C=O) groups excluding carboxylic acids is 2. The van der Waals surface area contributed by atoms with Crippen molar-refractivity contribution < 1.29 is 9.59 Å². The van der Waals surface area contributed by atoms with E-state index in [1.54, 1.807) is 17.4 Å². The number of thiophene rings is 1. The first-order valence-corrected chi connectivity index (χ1v) is 5.21. The van der Waals surface area contributed by atoms with Crippen molar-refractivity contribution >= 4 is 29.2 Å². The van der Waals surface area contributed by atoms with Gasteiger partial charge in [-0.15, -0.1) is 11.3 Å². The molecule has 1 aromatic rings. The summed E-state index contributed by atoms with van der Waals surface area (Å²) in [6.45, 7) is 0.562. The molecule has 14 heavy (non-hydrogen) atoms. The minimum Gasteiger partial charge on any atom is -0.278 e. The second-order valence-corrected chi connectivity index (χ2v) is 3.96. The zero-order chi connectivity index (χ0) is 9.97. The van der Waals surface area contributed by atoms with Crippen molar-refractivity contribution in [2.45, 2.75) is 6.42 Å². The van der Waals surface area contributed by atoms with Gasteiger partial charge in [0.25, 0.3) is 5.91 Å². The number of hydrogen-bond donors (Lipinski definition) is 0. The van der Waals surface area contributed by atoms with Crippen molar-refractivity contribution in [3.8, 4) is 0 Å². The van der Waals surface area contributed by atoms with Crippen LogP contribution in [0.1, 0.15) is 11.3 Å². The molecule has 1 fully saturated rings. The molecule has 2 heterocycles. The summed E-state index contributed by atoms with van der Waals surface area (Å²) in [4.78, 5) is 24.5. The Balaban J connectivity index is 1.97. The number of hydrogen-bond acceptors (Lipinski definition) is 3. The van der Waals surface area contributed by atoms with Crippen LogP contribution in [0, 0.1) is 0 Å². The van der Waals surface area contributed by atoms with Gasteiger partial charge in [-0.2, -0.15) is 0 Å². The lowest BCUT2D eigenvalue weighted by Crippen LogP contribution is -2.46. The highest BCUT2D eigenvalue weighted by molar-refractivity contribution is 7.10. The standard InChI is InChI=1S/C10H9NO2S/c12-9(11-6-5-10(11)13)4-3-8-2-1-7-14-8/h1-4,7H,5-6H2/b4-3+. The minimum absolute atomic E-state index is 0.0779. The van der Waals surface area contributed by atoms with E-state index in [2.05, 4.69) is 0 Å². The van der Waals surface area contributed by atoms with E-state index in [1.807, 2.05) is 17.5 Å². The fourth-order valence-electron chi connectivity index (χ4n) is 1.18. The smallest absolute Gasteiger partial charge is 0.253 e. The number of carbonyl (C=O) groups is 2. The van der Waals surface area contributed by atoms with E-state index in [1.165, 1.54) is 11.0 Å². The molecule has 1 saturated heterocycles. The van der Waals surface area contributed by atoms with Gasteiger partial charge in [-0.3, -0.25) is 14.5 Å². The van der Waals surface area contributed by atoms with Gasteiger partial charge >= 0.3 is 0 Å². The van der Waals surface area contributed by atoms with Crippen LogP contribution in [-0.4, -0.2) is 23.3 Å². The Bertz CT molecular complexity index is 381. The van der Waals surface area contributed by atoms with E-state index >= 15 is 0 Å². The van der Waals surface area contributed by atoms with Crippen LogP contribution in [0.5, 0.6) is 0 Å². The van der Waals surface area contributed by atoms with Gasteiger partial charge in [-0.25, -0.2) is 0 Å². The average Bonchev–Trinajstić information content (AvgIpc) is 2.65. The number of rotatable bonds is 2. The Morgan fingerprint density at radius 1 is 1.57 bits per heavy atom. The highest BCUT2D eigenvalue weighted by Gasteiger charge is 2.27. The summed E-state index contributed by atoms with van der Waals surface area (Å²) in [5, 5.41) is 1.94. The van der Waals surface area contributed by atoms with Gasteiger partial charge in [0.15, 0.2) is 0 Å². The molecule has 1 aliphatic heterocycles. The lowest BCUT2D eigenvalue weighted by Gasteiger charge is -2.26. The normalized spacial score (nSPS) is 16.0. The van der Waals surface area contributed by atoms with E-state index in [4.69, 9.17) is 0 Å². The first kappa shape index (κ1) is 9.15. The molecule has 0 radical (unpaired) electrons. The first-order valence-electron chi connectivity index (χ1n) is 4.33. The summed E-state index contributed by atoms with van der Waals surface area (Å²) in [5.74, 6) is -0.291. The van der Waals surface area contributed by atoms with Gasteiger partial charge in [0.1, 0.15) is 0 Å². The number of β-lactam (4-membered cyclic amide) rings is 1. The van der Waals surface area contributed by atoms with E-state index in [-0.39, 0.29) is 11.8 Å². The zero-order valence-corrected chi connectivity index (χ0v) is 8.29. The highest BCUT2D eigenvalue weighted by atomic mass is 32.1. The van der Waals surface area contributed by atoms with Crippen LogP contribution in [0.15, 0.2) is 23.6 Å². The van der Waals surface area contributed by atoms with E-state index in [0.717, 1.165) is 4.88 Å². The minimum atomic E-state index is -0.213. The Hall–Kier alpha value is -1.42. The van der Waals surface area contributed by atoms with Crippen molar-refractivity contribution in [2.24, 2.45) is 0 Å². The molecule has 1 aliphatic rings. The predicted octanol–water partition coefficient (Wildman–Crippen LogP) is 1.52. The van der Waals surface area contributed by atoms with Crippen molar-refractivity contribution in [3.05, 3.63) is 28.5 Å². The molecule has 1 aromatic heterocycles. The molecule has 0 aliphatic carbocycles. The molecule has 0 saturated carbocycles. The molecule has 0 bridgehead atoms. The molecule has 0 N–H and O–H groups in total. The summed E-state index contributed by atoms with van der Waals surface area (Å²) in [6.07, 6.45) is 3.68. The molecule has 2 amide bonds. The first-order chi connectivity index (χ1) is 6.77. The molecular formula is C10H9NO2S. The second kappa shape index (κ2) is 3.75. The summed E-state index contributed by atoms with van der Waals surface area (Å²) < 4.78 is 0. The topological polar surface area (TPSA) is 37.4 Å². The van der Waals surface area contributed by atoms with E-state index < -0.39 is 0 Å². The SMILES string of the molecule is O=C(/C=C/c1cccs1)N1CCC1=O. The fourth-order valence-corrected chi connectivity index (χ4v) is 1.80. The van der Waals surface area contributed by atoms with Crippen molar-refractivity contribution in [3.63, 3.8) is 0 Å². The van der Waals surface area contributed by atoms with E-state index in [9.17, 15) is 9.59 Å². The van der Waals surface area contributed by atoms with Crippen LogP contribution in [-0.2, 0) is 9.59 Å². The molecule has 4 heteroatoms. The van der Waals surface area contributed by atoms with Crippen LogP contribution < -0.4 is 0 Å². The van der Waals surface area contributed by atoms with Crippen molar-refractivity contribution in [1.29, 1.82) is 0 Å². The van der Waals surface area contributed by atoms with Gasteiger partial charge in [0.05, 0.1) is 0 Å². The highest BCUT2D eigenvalue weighted by Crippen LogP contribution is 2.13. The van der Waals surface area contributed by atoms with Gasteiger partial charge in [0, 0.05) is 23.9 Å². The largest absolute Gasteiger partial charge is 0.278 e. The molecule has 72 valence electrons. The average molecular weight is 207 g/mol. The van der Waals surface area contributed by atoms with Crippen LogP contribution in [0.4, 0.5) is 0 Å². The summed E-state index contributed by atoms with van der Waals surface area (Å²) in [6, 6.07) is 3.84. The maximum absolute atomic E-state index is 11.4. The maximum atomic E-state index is 11.4. The molecule has 0 spiro atoms. The zero-order valence-electron chi connectivity index (χ0n) is 7.47. The van der Waals surface area contributed by atoms with Gasteiger partial charge in [0.2, 0.25) is 5.91 Å². The third-order valence-corrected chi connectivity index (χ3v) is 2.89. The predicted molar refractivity (Wildman–Crippen MR) is 54.7 cm³/mol. The third-order valence-electron chi connectivity index (χ3n) is 2.05. The van der Waals surface area contributed by atoms with Crippen LogP contribution >= 0.6 is 11.3 Å². The van der Waals surface area contributed by atoms with Crippen LogP contribution in [0.2, 0.25) is 0 Å².